The van der Waals surface area contributed by atoms with Crippen molar-refractivity contribution in [2.75, 3.05) is 14.1 Å². The SMILES string of the molecule is C=C(C)N(C)C(N)=NC.CC.CC. The van der Waals surface area contributed by atoms with Gasteiger partial charge in [-0.2, -0.15) is 0 Å². The monoisotopic (exact) mass is 187 g/mol. The molecule has 80 valence electrons. The molecule has 0 atom stereocenters. The Bertz CT molecular complexity index is 139. The fourth-order valence-corrected chi connectivity index (χ4v) is 0.346. The molecule has 0 fully saturated rings. The summed E-state index contributed by atoms with van der Waals surface area (Å²) >= 11 is 0. The summed E-state index contributed by atoms with van der Waals surface area (Å²) < 4.78 is 0. The minimum atomic E-state index is 0.488. The van der Waals surface area contributed by atoms with Gasteiger partial charge in [0, 0.05) is 19.8 Å². The Balaban J connectivity index is -0.000000218. The fraction of sp³-hybridized carbons (Fsp3) is 0.700. The lowest BCUT2D eigenvalue weighted by atomic mass is 10.5. The Kier molecular flexibility index (Phi) is 18.7. The van der Waals surface area contributed by atoms with E-state index in [0.717, 1.165) is 5.70 Å². The molecule has 0 aliphatic heterocycles. The van der Waals surface area contributed by atoms with Crippen molar-refractivity contribution in [1.29, 1.82) is 0 Å². The maximum atomic E-state index is 5.43. The number of nitrogens with zero attached hydrogens (tertiary/aromatic N) is 2. The second-order valence-electron chi connectivity index (χ2n) is 1.88. The van der Waals surface area contributed by atoms with Crippen LogP contribution >= 0.6 is 0 Å². The van der Waals surface area contributed by atoms with Gasteiger partial charge in [-0.25, -0.2) is 0 Å². The molecule has 3 nitrogen and oxygen atoms in total. The van der Waals surface area contributed by atoms with E-state index >= 15 is 0 Å². The van der Waals surface area contributed by atoms with E-state index in [4.69, 9.17) is 5.73 Å². The molecule has 0 aromatic heterocycles. The van der Waals surface area contributed by atoms with Gasteiger partial charge in [-0.15, -0.1) is 0 Å². The van der Waals surface area contributed by atoms with Crippen LogP contribution in [0.5, 0.6) is 0 Å². The topological polar surface area (TPSA) is 41.6 Å². The quantitative estimate of drug-likeness (QED) is 0.506. The van der Waals surface area contributed by atoms with Crippen LogP contribution in [-0.4, -0.2) is 25.0 Å². The van der Waals surface area contributed by atoms with Crippen LogP contribution in [0.1, 0.15) is 34.6 Å². The van der Waals surface area contributed by atoms with Crippen molar-refractivity contribution in [1.82, 2.24) is 4.90 Å². The van der Waals surface area contributed by atoms with E-state index in [9.17, 15) is 0 Å². The Labute approximate surface area is 83.3 Å². The minimum absolute atomic E-state index is 0.488. The number of hydrogen-bond acceptors (Lipinski definition) is 1. The minimum Gasteiger partial charge on any atom is -0.370 e. The molecule has 0 heterocycles. The van der Waals surface area contributed by atoms with Crippen LogP contribution in [-0.2, 0) is 0 Å². The lowest BCUT2D eigenvalue weighted by Gasteiger charge is -2.16. The summed E-state index contributed by atoms with van der Waals surface area (Å²) in [4.78, 5) is 5.49. The van der Waals surface area contributed by atoms with Gasteiger partial charge in [-0.05, 0) is 6.92 Å². The molecule has 0 bridgehead atoms. The van der Waals surface area contributed by atoms with Gasteiger partial charge in [-0.3, -0.25) is 4.99 Å². The standard InChI is InChI=1S/C6H13N3.2C2H6/c1-5(2)9(4)6(7)8-3;2*1-2/h1H2,2-4H3,(H2,7,8);2*1-2H3. The molecule has 13 heavy (non-hydrogen) atoms. The molecule has 0 rings (SSSR count). The van der Waals surface area contributed by atoms with Gasteiger partial charge in [0.1, 0.15) is 0 Å². The first kappa shape index (κ1) is 17.9. The lowest BCUT2D eigenvalue weighted by molar-refractivity contribution is 0.621. The fourth-order valence-electron chi connectivity index (χ4n) is 0.346. The molecule has 2 N–H and O–H groups in total. The van der Waals surface area contributed by atoms with Crippen LogP contribution < -0.4 is 5.73 Å². The van der Waals surface area contributed by atoms with Gasteiger partial charge in [0.25, 0.3) is 0 Å². The molecule has 0 saturated carbocycles. The molecule has 0 spiro atoms. The van der Waals surface area contributed by atoms with Gasteiger partial charge in [0.15, 0.2) is 5.96 Å². The maximum absolute atomic E-state index is 5.43. The normalized spacial score (nSPS) is 8.69. The van der Waals surface area contributed by atoms with Gasteiger partial charge in [0.05, 0.1) is 0 Å². The highest BCUT2D eigenvalue weighted by atomic mass is 15.2. The third-order valence-electron chi connectivity index (χ3n) is 1.15. The van der Waals surface area contributed by atoms with Gasteiger partial charge in [0.2, 0.25) is 0 Å². The van der Waals surface area contributed by atoms with E-state index in [2.05, 4.69) is 11.6 Å². The second-order valence-corrected chi connectivity index (χ2v) is 1.88. The van der Waals surface area contributed by atoms with Crippen molar-refractivity contribution < 1.29 is 0 Å². The van der Waals surface area contributed by atoms with E-state index in [0.29, 0.717) is 5.96 Å². The van der Waals surface area contributed by atoms with Crippen LogP contribution in [0.3, 0.4) is 0 Å². The predicted octanol–water partition coefficient (Wildman–Crippen LogP) is 2.45. The van der Waals surface area contributed by atoms with E-state index in [1.165, 1.54) is 0 Å². The van der Waals surface area contributed by atoms with E-state index in [-0.39, 0.29) is 0 Å². The molecular weight excluding hydrogens is 162 g/mol. The average molecular weight is 187 g/mol. The van der Waals surface area contributed by atoms with Gasteiger partial charge >= 0.3 is 0 Å². The molecule has 0 radical (unpaired) electrons. The Morgan fingerprint density at radius 2 is 1.54 bits per heavy atom. The zero-order chi connectivity index (χ0) is 11.4. The second kappa shape index (κ2) is 13.6. The third-order valence-corrected chi connectivity index (χ3v) is 1.15. The van der Waals surface area contributed by atoms with Crippen LogP contribution in [0.2, 0.25) is 0 Å². The molecule has 0 aliphatic rings. The average Bonchev–Trinajstić information content (AvgIpc) is 2.21. The summed E-state index contributed by atoms with van der Waals surface area (Å²) in [5.74, 6) is 0.488. The molecule has 0 aromatic carbocycles. The third kappa shape index (κ3) is 11.0. The van der Waals surface area contributed by atoms with Gasteiger partial charge < -0.3 is 10.6 Å². The van der Waals surface area contributed by atoms with Crippen molar-refractivity contribution in [3.05, 3.63) is 12.3 Å². The van der Waals surface area contributed by atoms with Crippen molar-refractivity contribution in [2.45, 2.75) is 34.6 Å². The Hall–Kier alpha value is -0.990. The van der Waals surface area contributed by atoms with Gasteiger partial charge in [-0.1, -0.05) is 34.3 Å². The number of rotatable bonds is 1. The summed E-state index contributed by atoms with van der Waals surface area (Å²) in [5, 5.41) is 0. The van der Waals surface area contributed by atoms with Crippen molar-refractivity contribution in [3.8, 4) is 0 Å². The van der Waals surface area contributed by atoms with E-state index in [1.807, 2.05) is 41.7 Å². The number of hydrogen-bond donors (Lipinski definition) is 1. The molecule has 0 unspecified atom stereocenters. The summed E-state index contributed by atoms with van der Waals surface area (Å²) in [6.45, 7) is 13.6. The molecular formula is C10H25N3. The molecule has 0 saturated heterocycles. The number of guanidine groups is 1. The zero-order valence-electron chi connectivity index (χ0n) is 10.2. The van der Waals surface area contributed by atoms with Crippen LogP contribution in [0.15, 0.2) is 17.3 Å². The molecule has 0 amide bonds. The van der Waals surface area contributed by atoms with Crippen molar-refractivity contribution >= 4 is 5.96 Å². The largest absolute Gasteiger partial charge is 0.370 e. The van der Waals surface area contributed by atoms with Crippen LogP contribution in [0, 0.1) is 0 Å². The Morgan fingerprint density at radius 1 is 1.23 bits per heavy atom. The summed E-state index contributed by atoms with van der Waals surface area (Å²) in [5.41, 5.74) is 6.32. The van der Waals surface area contributed by atoms with Crippen molar-refractivity contribution in [2.24, 2.45) is 10.7 Å². The summed E-state index contributed by atoms with van der Waals surface area (Å²) in [6, 6.07) is 0. The predicted molar refractivity (Wildman–Crippen MR) is 62.8 cm³/mol. The number of aliphatic imine (C=N–C) groups is 1. The van der Waals surface area contributed by atoms with Crippen molar-refractivity contribution in [3.63, 3.8) is 0 Å². The maximum Gasteiger partial charge on any atom is 0.194 e. The Morgan fingerprint density at radius 3 is 1.62 bits per heavy atom. The van der Waals surface area contributed by atoms with Crippen LogP contribution in [0.25, 0.3) is 0 Å². The molecule has 0 aromatic rings. The first-order valence-corrected chi connectivity index (χ1v) is 4.71. The highest BCUT2D eigenvalue weighted by Crippen LogP contribution is 1.93. The van der Waals surface area contributed by atoms with Crippen LogP contribution in [0.4, 0.5) is 0 Å². The highest BCUT2D eigenvalue weighted by molar-refractivity contribution is 5.79. The molecule has 3 heteroatoms. The first-order valence-electron chi connectivity index (χ1n) is 4.71. The lowest BCUT2D eigenvalue weighted by Crippen LogP contribution is -2.31. The zero-order valence-corrected chi connectivity index (χ0v) is 10.2. The first-order chi connectivity index (χ1) is 6.09. The summed E-state index contributed by atoms with van der Waals surface area (Å²) in [6.07, 6.45) is 0. The van der Waals surface area contributed by atoms with E-state index < -0.39 is 0 Å². The van der Waals surface area contributed by atoms with E-state index in [1.54, 1.807) is 11.9 Å². The number of nitrogens with two attached hydrogens (primary N) is 1. The molecule has 0 aliphatic carbocycles. The number of allylic oxidation sites excluding steroid dienone is 1. The summed E-state index contributed by atoms with van der Waals surface area (Å²) in [7, 11) is 3.47. The smallest absolute Gasteiger partial charge is 0.194 e. The highest BCUT2D eigenvalue weighted by Gasteiger charge is 1.97.